The van der Waals surface area contributed by atoms with E-state index in [-0.39, 0.29) is 17.8 Å². The van der Waals surface area contributed by atoms with Crippen LogP contribution in [0.25, 0.3) is 0 Å². The highest BCUT2D eigenvalue weighted by Gasteiger charge is 2.66. The Kier molecular flexibility index (Phi) is 3.68. The zero-order valence-electron chi connectivity index (χ0n) is 12.3. The predicted octanol–water partition coefficient (Wildman–Crippen LogP) is 1.76. The zero-order chi connectivity index (χ0) is 15.9. The van der Waals surface area contributed by atoms with Crippen molar-refractivity contribution in [2.45, 2.75) is 31.2 Å². The third-order valence-electron chi connectivity index (χ3n) is 5.65. The minimum atomic E-state index is -1.60. The van der Waals surface area contributed by atoms with Gasteiger partial charge < -0.3 is 15.9 Å². The van der Waals surface area contributed by atoms with Crippen LogP contribution in [0.15, 0.2) is 30.3 Å². The Balaban J connectivity index is 1.74. The molecule has 0 heterocycles. The highest BCUT2D eigenvalue weighted by molar-refractivity contribution is 5.88. The number of rotatable bonds is 5. The van der Waals surface area contributed by atoms with E-state index in [1.807, 2.05) is 18.2 Å². The topological polar surface area (TPSA) is 101 Å². The monoisotopic (exact) mass is 303 g/mol. The van der Waals surface area contributed by atoms with Gasteiger partial charge in [0.2, 0.25) is 0 Å². The number of carboxylic acid groups (broad SMARTS) is 2. The predicted molar refractivity (Wildman–Crippen MR) is 80.1 cm³/mol. The van der Waals surface area contributed by atoms with Crippen molar-refractivity contribution in [1.29, 1.82) is 0 Å². The van der Waals surface area contributed by atoms with Crippen molar-refractivity contribution in [2.75, 3.05) is 0 Å². The van der Waals surface area contributed by atoms with Crippen LogP contribution in [0.4, 0.5) is 0 Å². The molecule has 0 aliphatic heterocycles. The number of hydrogen-bond donors (Lipinski definition) is 3. The van der Waals surface area contributed by atoms with E-state index in [1.165, 1.54) is 5.56 Å². The summed E-state index contributed by atoms with van der Waals surface area (Å²) in [6, 6.07) is 10.1. The number of aliphatic carboxylic acids is 2. The molecule has 2 bridgehead atoms. The van der Waals surface area contributed by atoms with Gasteiger partial charge in [0.25, 0.3) is 0 Å². The molecule has 2 aliphatic rings. The number of hydrogen-bond acceptors (Lipinski definition) is 3. The van der Waals surface area contributed by atoms with Gasteiger partial charge in [-0.15, -0.1) is 0 Å². The number of carboxylic acids is 2. The molecule has 118 valence electrons. The first kappa shape index (κ1) is 15.0. The summed E-state index contributed by atoms with van der Waals surface area (Å²) >= 11 is 0. The van der Waals surface area contributed by atoms with Gasteiger partial charge in [0.15, 0.2) is 0 Å². The molecule has 0 aromatic heterocycles. The van der Waals surface area contributed by atoms with Crippen molar-refractivity contribution >= 4 is 11.9 Å². The van der Waals surface area contributed by atoms with Gasteiger partial charge >= 0.3 is 11.9 Å². The van der Waals surface area contributed by atoms with Crippen LogP contribution in [0.1, 0.15) is 24.8 Å². The Morgan fingerprint density at radius 3 is 2.45 bits per heavy atom. The molecule has 2 saturated carbocycles. The van der Waals surface area contributed by atoms with Crippen LogP contribution in [0.2, 0.25) is 0 Å². The Labute approximate surface area is 129 Å². The van der Waals surface area contributed by atoms with Gasteiger partial charge in [0.1, 0.15) is 5.54 Å². The summed E-state index contributed by atoms with van der Waals surface area (Å²) in [7, 11) is 0. The van der Waals surface area contributed by atoms with Gasteiger partial charge in [-0.2, -0.15) is 0 Å². The van der Waals surface area contributed by atoms with Gasteiger partial charge in [-0.3, -0.25) is 9.59 Å². The van der Waals surface area contributed by atoms with E-state index in [9.17, 15) is 19.8 Å². The van der Waals surface area contributed by atoms with E-state index in [2.05, 4.69) is 12.1 Å². The summed E-state index contributed by atoms with van der Waals surface area (Å²) in [5, 5.41) is 18.9. The molecule has 0 saturated heterocycles. The van der Waals surface area contributed by atoms with Gasteiger partial charge in [-0.25, -0.2) is 0 Å². The highest BCUT2D eigenvalue weighted by atomic mass is 16.4. The van der Waals surface area contributed by atoms with Crippen LogP contribution in [0.3, 0.4) is 0 Å². The summed E-state index contributed by atoms with van der Waals surface area (Å²) in [6.45, 7) is 0. The van der Waals surface area contributed by atoms with E-state index in [1.54, 1.807) is 0 Å². The third kappa shape index (κ3) is 2.20. The van der Waals surface area contributed by atoms with Crippen LogP contribution >= 0.6 is 0 Å². The van der Waals surface area contributed by atoms with Crippen LogP contribution in [-0.4, -0.2) is 27.7 Å². The van der Waals surface area contributed by atoms with Crippen molar-refractivity contribution < 1.29 is 19.8 Å². The van der Waals surface area contributed by atoms with Gasteiger partial charge in [0.05, 0.1) is 5.92 Å². The average Bonchev–Trinajstić information content (AvgIpc) is 3.02. The van der Waals surface area contributed by atoms with Crippen molar-refractivity contribution in [2.24, 2.45) is 29.4 Å². The molecule has 0 spiro atoms. The standard InChI is InChI=1S/C17H21NO4/c18-17(16(21)22)12-8-11(13(9-12)14(17)15(19)20)7-6-10-4-2-1-3-5-10/h1-5,11-14H,6-9,18H2,(H,19,20)(H,21,22)/t11-,12-,13-,14-,17-/m0/s1. The second-order valence-corrected chi connectivity index (χ2v) is 6.67. The summed E-state index contributed by atoms with van der Waals surface area (Å²) in [4.78, 5) is 23.1. The minimum Gasteiger partial charge on any atom is -0.481 e. The molecule has 1 aromatic rings. The maximum atomic E-state index is 11.6. The average molecular weight is 303 g/mol. The smallest absolute Gasteiger partial charge is 0.324 e. The molecular formula is C17H21NO4. The summed E-state index contributed by atoms with van der Waals surface area (Å²) in [5.74, 6) is -3.30. The van der Waals surface area contributed by atoms with Crippen LogP contribution in [0.5, 0.6) is 0 Å². The fourth-order valence-electron chi connectivity index (χ4n) is 4.59. The Bertz CT molecular complexity index is 588. The maximum Gasteiger partial charge on any atom is 0.324 e. The molecule has 3 rings (SSSR count). The molecule has 0 amide bonds. The summed E-state index contributed by atoms with van der Waals surface area (Å²) in [6.07, 6.45) is 3.14. The normalized spacial score (nSPS) is 36.4. The Hall–Kier alpha value is -1.88. The van der Waals surface area contributed by atoms with E-state index in [4.69, 9.17) is 5.73 Å². The quantitative estimate of drug-likeness (QED) is 0.769. The van der Waals surface area contributed by atoms with Gasteiger partial charge in [-0.1, -0.05) is 30.3 Å². The molecule has 5 atom stereocenters. The van der Waals surface area contributed by atoms with Gasteiger partial charge in [-0.05, 0) is 49.0 Å². The van der Waals surface area contributed by atoms with Crippen molar-refractivity contribution in [3.63, 3.8) is 0 Å². The fraction of sp³-hybridized carbons (Fsp3) is 0.529. The number of fused-ring (bicyclic) bond motifs is 2. The van der Waals surface area contributed by atoms with Crippen LogP contribution in [0, 0.1) is 23.7 Å². The molecule has 5 nitrogen and oxygen atoms in total. The number of aryl methyl sites for hydroxylation is 1. The molecule has 0 radical (unpaired) electrons. The van der Waals surface area contributed by atoms with Crippen molar-refractivity contribution in [3.8, 4) is 0 Å². The number of carbonyl (C=O) groups is 2. The first-order valence-electron chi connectivity index (χ1n) is 7.73. The number of benzene rings is 1. The molecule has 2 aliphatic carbocycles. The zero-order valence-corrected chi connectivity index (χ0v) is 12.3. The summed E-state index contributed by atoms with van der Waals surface area (Å²) < 4.78 is 0. The molecule has 1 aromatic carbocycles. The van der Waals surface area contributed by atoms with E-state index in [0.29, 0.717) is 6.42 Å². The lowest BCUT2D eigenvalue weighted by atomic mass is 9.68. The lowest BCUT2D eigenvalue weighted by Gasteiger charge is -2.38. The molecule has 5 heteroatoms. The second kappa shape index (κ2) is 5.39. The lowest BCUT2D eigenvalue weighted by molar-refractivity contribution is -0.159. The first-order valence-corrected chi connectivity index (χ1v) is 7.73. The Morgan fingerprint density at radius 1 is 1.18 bits per heavy atom. The minimum absolute atomic E-state index is 0.118. The Morgan fingerprint density at radius 2 is 1.86 bits per heavy atom. The second-order valence-electron chi connectivity index (χ2n) is 6.67. The number of nitrogens with two attached hydrogens (primary N) is 1. The SMILES string of the molecule is N[C@@]1(C(=O)O)[C@H]2C[C@H](CCc3ccccc3)[C@H](C2)[C@H]1C(=O)O. The highest BCUT2D eigenvalue weighted by Crippen LogP contribution is 2.57. The fourth-order valence-corrected chi connectivity index (χ4v) is 4.59. The van der Waals surface area contributed by atoms with Crippen molar-refractivity contribution in [1.82, 2.24) is 0 Å². The molecule has 22 heavy (non-hydrogen) atoms. The summed E-state index contributed by atoms with van der Waals surface area (Å²) in [5.41, 5.74) is 5.65. The molecular weight excluding hydrogens is 282 g/mol. The molecule has 2 fully saturated rings. The van der Waals surface area contributed by atoms with Crippen LogP contribution < -0.4 is 5.73 Å². The lowest BCUT2D eigenvalue weighted by Crippen LogP contribution is -2.61. The van der Waals surface area contributed by atoms with E-state index in [0.717, 1.165) is 19.3 Å². The van der Waals surface area contributed by atoms with Crippen molar-refractivity contribution in [3.05, 3.63) is 35.9 Å². The largest absolute Gasteiger partial charge is 0.481 e. The third-order valence-corrected chi connectivity index (χ3v) is 5.65. The van der Waals surface area contributed by atoms with E-state index >= 15 is 0 Å². The maximum absolute atomic E-state index is 11.6. The van der Waals surface area contributed by atoms with E-state index < -0.39 is 23.4 Å². The van der Waals surface area contributed by atoms with Gasteiger partial charge in [0, 0.05) is 0 Å². The van der Waals surface area contributed by atoms with Crippen LogP contribution in [-0.2, 0) is 16.0 Å². The molecule has 4 N–H and O–H groups in total. The molecule has 0 unspecified atom stereocenters. The first-order chi connectivity index (χ1) is 10.4.